The molecule has 8 heteroatoms. The number of halogens is 1. The first-order valence-corrected chi connectivity index (χ1v) is 9.53. The lowest BCUT2D eigenvalue weighted by Crippen LogP contribution is -2.35. The first-order valence-electron chi connectivity index (χ1n) is 9.13. The van der Waals surface area contributed by atoms with Gasteiger partial charge in [0, 0.05) is 29.5 Å². The number of hydrogen-bond acceptors (Lipinski definition) is 4. The van der Waals surface area contributed by atoms with Gasteiger partial charge in [-0.1, -0.05) is 30.3 Å². The zero-order valence-corrected chi connectivity index (χ0v) is 16.5. The fraction of sp³-hybridized carbons (Fsp3) is 0.0455. The Morgan fingerprint density at radius 1 is 1.13 bits per heavy atom. The number of amides is 1. The molecule has 2 heterocycles. The van der Waals surface area contributed by atoms with Crippen molar-refractivity contribution in [3.05, 3.63) is 84.4 Å². The SMILES string of the molecule is O=C(Cc1ccccc1)NC(=S)Nc1ccc(Oc2nccc3cc[nH]c23)c(F)c1. The number of benzene rings is 2. The summed E-state index contributed by atoms with van der Waals surface area (Å²) in [5.74, 6) is -0.553. The summed E-state index contributed by atoms with van der Waals surface area (Å²) in [7, 11) is 0. The molecule has 0 bridgehead atoms. The van der Waals surface area contributed by atoms with Crippen molar-refractivity contribution in [2.45, 2.75) is 6.42 Å². The third-order valence-electron chi connectivity index (χ3n) is 4.30. The number of aromatic amines is 1. The van der Waals surface area contributed by atoms with Crippen LogP contribution in [0.5, 0.6) is 11.6 Å². The highest BCUT2D eigenvalue weighted by molar-refractivity contribution is 7.80. The predicted molar refractivity (Wildman–Crippen MR) is 117 cm³/mol. The van der Waals surface area contributed by atoms with Gasteiger partial charge in [0.15, 0.2) is 16.7 Å². The first kappa shape index (κ1) is 19.5. The summed E-state index contributed by atoms with van der Waals surface area (Å²) in [5.41, 5.74) is 1.94. The number of carbonyl (C=O) groups excluding carboxylic acids is 1. The van der Waals surface area contributed by atoms with Crippen molar-refractivity contribution in [1.82, 2.24) is 15.3 Å². The standard InChI is InChI=1S/C22H17FN4O2S/c23-17-13-16(26-22(30)27-19(28)12-14-4-2-1-3-5-14)6-7-18(17)29-21-20-15(8-10-24-20)9-11-25-21/h1-11,13,24H,12H2,(H2,26,27,28,30). The minimum atomic E-state index is -0.594. The van der Waals surface area contributed by atoms with Gasteiger partial charge in [0.25, 0.3) is 0 Å². The molecule has 0 aliphatic rings. The van der Waals surface area contributed by atoms with Gasteiger partial charge in [-0.25, -0.2) is 9.37 Å². The van der Waals surface area contributed by atoms with Gasteiger partial charge in [-0.2, -0.15) is 0 Å². The van der Waals surface area contributed by atoms with E-state index in [0.29, 0.717) is 11.2 Å². The van der Waals surface area contributed by atoms with E-state index in [4.69, 9.17) is 17.0 Å². The lowest BCUT2D eigenvalue weighted by Gasteiger charge is -2.11. The molecular weight excluding hydrogens is 403 g/mol. The molecule has 0 atom stereocenters. The molecule has 2 aromatic carbocycles. The fourth-order valence-electron chi connectivity index (χ4n) is 2.91. The van der Waals surface area contributed by atoms with Gasteiger partial charge >= 0.3 is 0 Å². The van der Waals surface area contributed by atoms with Crippen LogP contribution in [0.25, 0.3) is 10.9 Å². The van der Waals surface area contributed by atoms with Crippen molar-refractivity contribution in [2.24, 2.45) is 0 Å². The molecule has 0 aliphatic carbocycles. The maximum absolute atomic E-state index is 14.5. The second-order valence-corrected chi connectivity index (χ2v) is 6.88. The number of thiocarbonyl (C=S) groups is 1. The van der Waals surface area contributed by atoms with Crippen LogP contribution < -0.4 is 15.4 Å². The van der Waals surface area contributed by atoms with Crippen LogP contribution in [-0.4, -0.2) is 21.0 Å². The average molecular weight is 420 g/mol. The summed E-state index contributed by atoms with van der Waals surface area (Å²) in [6.07, 6.45) is 3.55. The van der Waals surface area contributed by atoms with E-state index in [1.807, 2.05) is 42.5 Å². The van der Waals surface area contributed by atoms with E-state index < -0.39 is 5.82 Å². The van der Waals surface area contributed by atoms with Gasteiger partial charge in [-0.05, 0) is 42.0 Å². The van der Waals surface area contributed by atoms with Crippen molar-refractivity contribution in [3.63, 3.8) is 0 Å². The van der Waals surface area contributed by atoms with Crippen LogP contribution in [0.2, 0.25) is 0 Å². The van der Waals surface area contributed by atoms with Crippen molar-refractivity contribution in [2.75, 3.05) is 5.32 Å². The lowest BCUT2D eigenvalue weighted by molar-refractivity contribution is -0.119. The number of nitrogens with zero attached hydrogens (tertiary/aromatic N) is 1. The molecule has 2 aromatic heterocycles. The van der Waals surface area contributed by atoms with Crippen molar-refractivity contribution >= 4 is 39.8 Å². The van der Waals surface area contributed by atoms with E-state index in [9.17, 15) is 9.18 Å². The molecule has 150 valence electrons. The van der Waals surface area contributed by atoms with Gasteiger partial charge < -0.3 is 20.4 Å². The second-order valence-electron chi connectivity index (χ2n) is 6.47. The number of anilines is 1. The maximum Gasteiger partial charge on any atom is 0.243 e. The highest BCUT2D eigenvalue weighted by atomic mass is 32.1. The smallest absolute Gasteiger partial charge is 0.243 e. The number of aromatic nitrogens is 2. The van der Waals surface area contributed by atoms with E-state index in [2.05, 4.69) is 20.6 Å². The van der Waals surface area contributed by atoms with Gasteiger partial charge in [-0.3, -0.25) is 4.79 Å². The van der Waals surface area contributed by atoms with Gasteiger partial charge in [-0.15, -0.1) is 0 Å². The third kappa shape index (κ3) is 4.61. The molecule has 0 saturated heterocycles. The van der Waals surface area contributed by atoms with Crippen LogP contribution in [0.1, 0.15) is 5.56 Å². The van der Waals surface area contributed by atoms with Crippen LogP contribution >= 0.6 is 12.2 Å². The Morgan fingerprint density at radius 2 is 1.97 bits per heavy atom. The molecule has 3 N–H and O–H groups in total. The fourth-order valence-corrected chi connectivity index (χ4v) is 3.14. The Kier molecular flexibility index (Phi) is 5.67. The largest absolute Gasteiger partial charge is 0.434 e. The molecule has 0 saturated carbocycles. The summed E-state index contributed by atoms with van der Waals surface area (Å²) < 4.78 is 20.2. The molecule has 0 aliphatic heterocycles. The minimum Gasteiger partial charge on any atom is -0.434 e. The summed E-state index contributed by atoms with van der Waals surface area (Å²) >= 11 is 5.14. The Labute approximate surface area is 177 Å². The summed E-state index contributed by atoms with van der Waals surface area (Å²) in [5, 5.41) is 6.38. The number of hydrogen-bond donors (Lipinski definition) is 3. The zero-order chi connectivity index (χ0) is 20.9. The molecule has 6 nitrogen and oxygen atoms in total. The van der Waals surface area contributed by atoms with Crippen molar-refractivity contribution in [3.8, 4) is 11.6 Å². The van der Waals surface area contributed by atoms with E-state index in [0.717, 1.165) is 10.9 Å². The van der Waals surface area contributed by atoms with Gasteiger partial charge in [0.1, 0.15) is 5.52 Å². The molecular formula is C22H17FN4O2S. The third-order valence-corrected chi connectivity index (χ3v) is 4.50. The lowest BCUT2D eigenvalue weighted by atomic mass is 10.1. The van der Waals surface area contributed by atoms with Gasteiger partial charge in [0.05, 0.1) is 6.42 Å². The Bertz CT molecular complexity index is 1210. The summed E-state index contributed by atoms with van der Waals surface area (Å²) in [6.45, 7) is 0. The molecule has 0 fully saturated rings. The van der Waals surface area contributed by atoms with Crippen LogP contribution in [0.4, 0.5) is 10.1 Å². The number of fused-ring (bicyclic) bond motifs is 1. The van der Waals surface area contributed by atoms with E-state index in [1.54, 1.807) is 18.5 Å². The number of rotatable bonds is 5. The first-order chi connectivity index (χ1) is 14.6. The predicted octanol–water partition coefficient (Wildman–Crippen LogP) is 4.55. The van der Waals surface area contributed by atoms with Crippen LogP contribution in [0, 0.1) is 5.82 Å². The van der Waals surface area contributed by atoms with Crippen molar-refractivity contribution < 1.29 is 13.9 Å². The number of ether oxygens (including phenoxy) is 1. The number of pyridine rings is 1. The number of H-pyrrole nitrogens is 1. The van der Waals surface area contributed by atoms with E-state index >= 15 is 0 Å². The van der Waals surface area contributed by atoms with Crippen LogP contribution in [0.15, 0.2) is 73.1 Å². The molecule has 4 aromatic rings. The topological polar surface area (TPSA) is 79.0 Å². The summed E-state index contributed by atoms with van der Waals surface area (Å²) in [4.78, 5) is 19.3. The Balaban J connectivity index is 1.39. The monoisotopic (exact) mass is 420 g/mol. The van der Waals surface area contributed by atoms with Crippen LogP contribution in [0.3, 0.4) is 0 Å². The second kappa shape index (κ2) is 8.71. The maximum atomic E-state index is 14.5. The molecule has 0 spiro atoms. The Morgan fingerprint density at radius 3 is 2.77 bits per heavy atom. The number of nitrogens with one attached hydrogen (secondary N) is 3. The molecule has 0 radical (unpaired) electrons. The quantitative estimate of drug-likeness (QED) is 0.413. The van der Waals surface area contributed by atoms with Crippen molar-refractivity contribution in [1.29, 1.82) is 0 Å². The Hall–Kier alpha value is -3.78. The molecule has 0 unspecified atom stereocenters. The normalized spacial score (nSPS) is 10.6. The summed E-state index contributed by atoms with van der Waals surface area (Å²) in [6, 6.07) is 17.3. The number of carbonyl (C=O) groups is 1. The average Bonchev–Trinajstić information content (AvgIpc) is 3.20. The molecule has 4 rings (SSSR count). The van der Waals surface area contributed by atoms with E-state index in [-0.39, 0.29) is 29.1 Å². The van der Waals surface area contributed by atoms with Crippen LogP contribution in [-0.2, 0) is 11.2 Å². The molecule has 30 heavy (non-hydrogen) atoms. The van der Waals surface area contributed by atoms with Gasteiger partial charge in [0.2, 0.25) is 11.8 Å². The highest BCUT2D eigenvalue weighted by Gasteiger charge is 2.12. The van der Waals surface area contributed by atoms with E-state index in [1.165, 1.54) is 12.1 Å². The molecule has 1 amide bonds. The highest BCUT2D eigenvalue weighted by Crippen LogP contribution is 2.29. The minimum absolute atomic E-state index is 0.0224. The zero-order valence-electron chi connectivity index (χ0n) is 15.7.